The van der Waals surface area contributed by atoms with E-state index in [0.29, 0.717) is 37.9 Å². The molecule has 8 heteroatoms. The number of urea groups is 1. The van der Waals surface area contributed by atoms with Gasteiger partial charge in [-0.15, -0.1) is 0 Å². The zero-order valence-electron chi connectivity index (χ0n) is 15.7. The molecule has 1 saturated heterocycles. The lowest BCUT2D eigenvalue weighted by Gasteiger charge is -2.37. The monoisotopic (exact) mass is 385 g/mol. The van der Waals surface area contributed by atoms with Crippen LogP contribution in [0.1, 0.15) is 5.56 Å². The number of nitrogens with zero attached hydrogens (tertiary/aromatic N) is 2. The molecule has 1 aromatic heterocycles. The summed E-state index contributed by atoms with van der Waals surface area (Å²) in [7, 11) is 1.60. The van der Waals surface area contributed by atoms with Crippen LogP contribution in [0.2, 0.25) is 0 Å². The highest BCUT2D eigenvalue weighted by molar-refractivity contribution is 5.91. The first-order valence-electron chi connectivity index (χ1n) is 9.00. The molecule has 0 saturated carbocycles. The lowest BCUT2D eigenvalue weighted by atomic mass is 10.0. The van der Waals surface area contributed by atoms with E-state index in [1.807, 2.05) is 30.3 Å². The minimum absolute atomic E-state index is 0.243. The minimum atomic E-state index is -0.288. The van der Waals surface area contributed by atoms with Crippen molar-refractivity contribution in [3.8, 4) is 5.88 Å². The van der Waals surface area contributed by atoms with Gasteiger partial charge in [-0.05, 0) is 11.6 Å². The van der Waals surface area contributed by atoms with Crippen LogP contribution in [-0.2, 0) is 20.9 Å². The zero-order chi connectivity index (χ0) is 19.8. The highest BCUT2D eigenvalue weighted by Crippen LogP contribution is 2.20. The lowest BCUT2D eigenvalue weighted by molar-refractivity contribution is -0.154. The SMILES string of the molecule is COCCOc1ccc(NC(=O)N2CC(C(=O)OCc3ccccc3)C2)cn1. The Morgan fingerprint density at radius 2 is 1.93 bits per heavy atom. The maximum Gasteiger partial charge on any atom is 0.321 e. The van der Waals surface area contributed by atoms with Crippen molar-refractivity contribution < 1.29 is 23.8 Å². The Bertz CT molecular complexity index is 776. The van der Waals surface area contributed by atoms with Crippen LogP contribution in [-0.4, -0.2) is 55.3 Å². The highest BCUT2D eigenvalue weighted by Gasteiger charge is 2.36. The van der Waals surface area contributed by atoms with E-state index in [0.717, 1.165) is 5.56 Å². The van der Waals surface area contributed by atoms with Gasteiger partial charge in [-0.1, -0.05) is 30.3 Å². The van der Waals surface area contributed by atoms with Gasteiger partial charge in [-0.3, -0.25) is 4.79 Å². The molecule has 2 heterocycles. The number of methoxy groups -OCH3 is 1. The number of carbonyl (C=O) groups is 2. The molecule has 1 fully saturated rings. The zero-order valence-corrected chi connectivity index (χ0v) is 15.7. The molecule has 1 aromatic carbocycles. The number of likely N-dealkylation sites (tertiary alicyclic amines) is 1. The van der Waals surface area contributed by atoms with Crippen molar-refractivity contribution in [2.24, 2.45) is 5.92 Å². The van der Waals surface area contributed by atoms with E-state index in [9.17, 15) is 9.59 Å². The van der Waals surface area contributed by atoms with E-state index in [2.05, 4.69) is 10.3 Å². The number of rotatable bonds is 8. The van der Waals surface area contributed by atoms with Gasteiger partial charge < -0.3 is 24.4 Å². The van der Waals surface area contributed by atoms with E-state index < -0.39 is 0 Å². The molecule has 3 rings (SSSR count). The van der Waals surface area contributed by atoms with Crippen LogP contribution in [0.25, 0.3) is 0 Å². The first-order valence-corrected chi connectivity index (χ1v) is 9.00. The quantitative estimate of drug-likeness (QED) is 0.554. The predicted molar refractivity (Wildman–Crippen MR) is 102 cm³/mol. The fourth-order valence-electron chi connectivity index (χ4n) is 2.61. The van der Waals surface area contributed by atoms with Gasteiger partial charge in [0.2, 0.25) is 5.88 Å². The molecule has 0 spiro atoms. The lowest BCUT2D eigenvalue weighted by Crippen LogP contribution is -2.54. The van der Waals surface area contributed by atoms with Gasteiger partial charge in [0.15, 0.2) is 0 Å². The number of pyridine rings is 1. The molecule has 0 radical (unpaired) electrons. The predicted octanol–water partition coefficient (Wildman–Crippen LogP) is 2.31. The summed E-state index contributed by atoms with van der Waals surface area (Å²) in [5, 5.41) is 2.75. The fraction of sp³-hybridized carbons (Fsp3) is 0.350. The van der Waals surface area contributed by atoms with Gasteiger partial charge in [-0.25, -0.2) is 9.78 Å². The summed E-state index contributed by atoms with van der Waals surface area (Å²) >= 11 is 0. The summed E-state index contributed by atoms with van der Waals surface area (Å²) < 4.78 is 15.6. The number of esters is 1. The van der Waals surface area contributed by atoms with E-state index in [1.54, 1.807) is 24.1 Å². The van der Waals surface area contributed by atoms with Gasteiger partial charge in [0.05, 0.1) is 24.4 Å². The molecule has 148 valence electrons. The minimum Gasteiger partial charge on any atom is -0.475 e. The average molecular weight is 385 g/mol. The van der Waals surface area contributed by atoms with Gasteiger partial charge in [0, 0.05) is 26.3 Å². The van der Waals surface area contributed by atoms with E-state index in [4.69, 9.17) is 14.2 Å². The van der Waals surface area contributed by atoms with Crippen LogP contribution in [0.15, 0.2) is 48.7 Å². The molecular weight excluding hydrogens is 362 g/mol. The van der Waals surface area contributed by atoms with E-state index >= 15 is 0 Å². The molecule has 0 unspecified atom stereocenters. The van der Waals surface area contributed by atoms with Crippen LogP contribution < -0.4 is 10.1 Å². The topological polar surface area (TPSA) is 90.0 Å². The second-order valence-electron chi connectivity index (χ2n) is 6.35. The van der Waals surface area contributed by atoms with Crippen LogP contribution in [0.3, 0.4) is 0 Å². The summed E-state index contributed by atoms with van der Waals surface area (Å²) in [5.41, 5.74) is 1.49. The van der Waals surface area contributed by atoms with Crippen LogP contribution >= 0.6 is 0 Å². The summed E-state index contributed by atoms with van der Waals surface area (Å²) in [6.07, 6.45) is 1.52. The average Bonchev–Trinajstić information content (AvgIpc) is 2.67. The molecule has 0 atom stereocenters. The second kappa shape index (κ2) is 9.70. The molecule has 0 aliphatic carbocycles. The fourth-order valence-corrected chi connectivity index (χ4v) is 2.61. The molecule has 8 nitrogen and oxygen atoms in total. The number of amides is 2. The number of benzene rings is 1. The number of carbonyl (C=O) groups excluding carboxylic acids is 2. The van der Waals surface area contributed by atoms with Gasteiger partial charge in [0.1, 0.15) is 13.2 Å². The largest absolute Gasteiger partial charge is 0.475 e. The number of aromatic nitrogens is 1. The molecule has 2 amide bonds. The van der Waals surface area contributed by atoms with Gasteiger partial charge in [-0.2, -0.15) is 0 Å². The van der Waals surface area contributed by atoms with Crippen LogP contribution in [0, 0.1) is 5.92 Å². The number of hydrogen-bond acceptors (Lipinski definition) is 6. The number of anilines is 1. The Morgan fingerprint density at radius 1 is 1.14 bits per heavy atom. The molecule has 1 N–H and O–H groups in total. The Balaban J connectivity index is 1.38. The van der Waals surface area contributed by atoms with Gasteiger partial charge >= 0.3 is 12.0 Å². The summed E-state index contributed by atoms with van der Waals surface area (Å²) in [4.78, 5) is 30.0. The number of nitrogens with one attached hydrogen (secondary N) is 1. The van der Waals surface area contributed by atoms with Crippen molar-refractivity contribution in [1.82, 2.24) is 9.88 Å². The first kappa shape index (κ1) is 19.6. The van der Waals surface area contributed by atoms with E-state index in [1.165, 1.54) is 6.20 Å². The summed E-state index contributed by atoms with van der Waals surface area (Å²) in [6, 6.07) is 12.6. The molecule has 0 bridgehead atoms. The van der Waals surface area contributed by atoms with Gasteiger partial charge in [0.25, 0.3) is 0 Å². The highest BCUT2D eigenvalue weighted by atomic mass is 16.5. The second-order valence-corrected chi connectivity index (χ2v) is 6.35. The Kier molecular flexibility index (Phi) is 6.80. The molecule has 1 aliphatic rings. The van der Waals surface area contributed by atoms with Crippen LogP contribution in [0.4, 0.5) is 10.5 Å². The van der Waals surface area contributed by atoms with Crippen molar-refractivity contribution >= 4 is 17.7 Å². The Morgan fingerprint density at radius 3 is 2.61 bits per heavy atom. The summed E-state index contributed by atoms with van der Waals surface area (Å²) in [5.74, 6) is -0.114. The molecule has 28 heavy (non-hydrogen) atoms. The normalized spacial score (nSPS) is 13.5. The third-order valence-corrected chi connectivity index (χ3v) is 4.25. The van der Waals surface area contributed by atoms with Crippen molar-refractivity contribution in [3.63, 3.8) is 0 Å². The molecule has 1 aliphatic heterocycles. The summed E-state index contributed by atoms with van der Waals surface area (Å²) in [6.45, 7) is 1.80. The van der Waals surface area contributed by atoms with Crippen molar-refractivity contribution in [2.75, 3.05) is 38.7 Å². The Hall–Kier alpha value is -3.13. The van der Waals surface area contributed by atoms with Crippen molar-refractivity contribution in [1.29, 1.82) is 0 Å². The first-order chi connectivity index (χ1) is 13.7. The third-order valence-electron chi connectivity index (χ3n) is 4.25. The van der Waals surface area contributed by atoms with Crippen LogP contribution in [0.5, 0.6) is 5.88 Å². The van der Waals surface area contributed by atoms with Crippen molar-refractivity contribution in [3.05, 3.63) is 54.2 Å². The molecule has 2 aromatic rings. The smallest absolute Gasteiger partial charge is 0.321 e. The maximum atomic E-state index is 12.2. The number of ether oxygens (including phenoxy) is 3. The maximum absolute atomic E-state index is 12.2. The van der Waals surface area contributed by atoms with E-state index in [-0.39, 0.29) is 24.5 Å². The molecular formula is C20H23N3O5. The third kappa shape index (κ3) is 5.43. The Labute approximate surface area is 163 Å². The van der Waals surface area contributed by atoms with Crippen molar-refractivity contribution in [2.45, 2.75) is 6.61 Å². The standard InChI is InChI=1S/C20H23N3O5/c1-26-9-10-27-18-8-7-17(11-21-18)22-20(25)23-12-16(13-23)19(24)28-14-15-5-3-2-4-6-15/h2-8,11,16H,9-10,12-14H2,1H3,(H,22,25). The number of hydrogen-bond donors (Lipinski definition) is 1.